The van der Waals surface area contributed by atoms with Crippen LogP contribution in [0.1, 0.15) is 10.4 Å². The van der Waals surface area contributed by atoms with Gasteiger partial charge in [0.15, 0.2) is 0 Å². The maximum absolute atomic E-state index is 12.6. The number of piperazine rings is 1. The summed E-state index contributed by atoms with van der Waals surface area (Å²) in [6.07, 6.45) is 3.41. The van der Waals surface area contributed by atoms with Crippen molar-refractivity contribution in [2.45, 2.75) is 0 Å². The molecule has 1 aromatic heterocycles. The van der Waals surface area contributed by atoms with Crippen LogP contribution in [0.5, 0.6) is 0 Å². The van der Waals surface area contributed by atoms with Crippen molar-refractivity contribution in [3.63, 3.8) is 0 Å². The molecule has 0 spiro atoms. The van der Waals surface area contributed by atoms with Crippen molar-refractivity contribution in [3.8, 4) is 0 Å². The zero-order valence-electron chi connectivity index (χ0n) is 13.1. The Morgan fingerprint density at radius 1 is 1.04 bits per heavy atom. The quantitative estimate of drug-likeness (QED) is 0.873. The average molecular weight is 326 g/mol. The fourth-order valence-electron chi connectivity index (χ4n) is 2.62. The van der Waals surface area contributed by atoms with Crippen LogP contribution in [-0.4, -0.2) is 53.0 Å². The monoisotopic (exact) mass is 326 g/mol. The zero-order valence-corrected chi connectivity index (χ0v) is 13.1. The number of hydrogen-bond donors (Lipinski definition) is 2. The van der Waals surface area contributed by atoms with Crippen LogP contribution in [0.3, 0.4) is 0 Å². The normalized spacial score (nSPS) is 14.3. The Morgan fingerprint density at radius 2 is 1.75 bits per heavy atom. The van der Waals surface area contributed by atoms with Crippen molar-refractivity contribution in [1.82, 2.24) is 14.9 Å². The molecule has 3 amide bonds. The minimum atomic E-state index is -0.656. The van der Waals surface area contributed by atoms with Gasteiger partial charge in [0.25, 0.3) is 5.91 Å². The molecule has 0 aliphatic carbocycles. The lowest BCUT2D eigenvalue weighted by molar-refractivity contribution is 0.0746. The Morgan fingerprint density at radius 3 is 2.42 bits per heavy atom. The van der Waals surface area contributed by atoms with Gasteiger partial charge in [0.2, 0.25) is 5.95 Å². The third-order valence-corrected chi connectivity index (χ3v) is 3.78. The third-order valence-electron chi connectivity index (χ3n) is 3.78. The zero-order chi connectivity index (χ0) is 16.9. The first-order valence-corrected chi connectivity index (χ1v) is 7.61. The van der Waals surface area contributed by atoms with E-state index < -0.39 is 6.03 Å². The van der Waals surface area contributed by atoms with E-state index in [9.17, 15) is 9.59 Å². The van der Waals surface area contributed by atoms with E-state index in [0.717, 1.165) is 0 Å². The van der Waals surface area contributed by atoms with Crippen LogP contribution in [0.4, 0.5) is 16.4 Å². The van der Waals surface area contributed by atoms with Gasteiger partial charge in [-0.05, 0) is 24.3 Å². The molecule has 2 heterocycles. The number of anilines is 2. The van der Waals surface area contributed by atoms with Crippen LogP contribution < -0.4 is 16.0 Å². The van der Waals surface area contributed by atoms with Gasteiger partial charge in [0.05, 0.1) is 0 Å². The van der Waals surface area contributed by atoms with Crippen molar-refractivity contribution in [2.75, 3.05) is 36.4 Å². The highest BCUT2D eigenvalue weighted by Crippen LogP contribution is 2.15. The summed E-state index contributed by atoms with van der Waals surface area (Å²) in [5.74, 6) is 0.606. The van der Waals surface area contributed by atoms with E-state index in [-0.39, 0.29) is 5.91 Å². The Kier molecular flexibility index (Phi) is 4.55. The van der Waals surface area contributed by atoms with Crippen LogP contribution in [0.25, 0.3) is 0 Å². The van der Waals surface area contributed by atoms with Gasteiger partial charge in [-0.2, -0.15) is 0 Å². The number of nitrogens with two attached hydrogens (primary N) is 1. The summed E-state index contributed by atoms with van der Waals surface area (Å²) < 4.78 is 0. The number of benzene rings is 1. The van der Waals surface area contributed by atoms with Crippen molar-refractivity contribution < 1.29 is 9.59 Å². The van der Waals surface area contributed by atoms with Crippen LogP contribution in [0, 0.1) is 0 Å². The number of amides is 3. The van der Waals surface area contributed by atoms with Crippen LogP contribution in [0.15, 0.2) is 42.7 Å². The second kappa shape index (κ2) is 6.95. The van der Waals surface area contributed by atoms with Crippen LogP contribution in [0.2, 0.25) is 0 Å². The van der Waals surface area contributed by atoms with Gasteiger partial charge in [-0.3, -0.25) is 4.79 Å². The summed E-state index contributed by atoms with van der Waals surface area (Å²) in [6.45, 7) is 2.53. The molecule has 0 atom stereocenters. The molecule has 1 aliphatic rings. The van der Waals surface area contributed by atoms with Gasteiger partial charge < -0.3 is 20.9 Å². The van der Waals surface area contributed by atoms with Crippen LogP contribution >= 0.6 is 0 Å². The fraction of sp³-hybridized carbons (Fsp3) is 0.250. The molecular weight excluding hydrogens is 308 g/mol. The summed E-state index contributed by atoms with van der Waals surface area (Å²) in [4.78, 5) is 35.8. The molecule has 8 heteroatoms. The summed E-state index contributed by atoms with van der Waals surface area (Å²) in [5, 5.41) is 2.47. The Labute approximate surface area is 139 Å². The Balaban J connectivity index is 1.64. The van der Waals surface area contributed by atoms with E-state index in [0.29, 0.717) is 43.4 Å². The molecule has 124 valence electrons. The molecule has 0 bridgehead atoms. The van der Waals surface area contributed by atoms with Crippen molar-refractivity contribution in [3.05, 3.63) is 48.3 Å². The van der Waals surface area contributed by atoms with Gasteiger partial charge in [-0.15, -0.1) is 0 Å². The maximum atomic E-state index is 12.6. The lowest BCUT2D eigenvalue weighted by atomic mass is 10.1. The summed E-state index contributed by atoms with van der Waals surface area (Å²) >= 11 is 0. The van der Waals surface area contributed by atoms with E-state index in [1.165, 1.54) is 0 Å². The van der Waals surface area contributed by atoms with Gasteiger partial charge >= 0.3 is 6.03 Å². The molecule has 0 saturated carbocycles. The highest BCUT2D eigenvalue weighted by Gasteiger charge is 2.23. The molecule has 3 N–H and O–H groups in total. The molecule has 0 unspecified atom stereocenters. The number of nitrogens with one attached hydrogen (secondary N) is 1. The number of aromatic nitrogens is 2. The average Bonchev–Trinajstić information content (AvgIpc) is 2.62. The minimum Gasteiger partial charge on any atom is -0.351 e. The molecule has 24 heavy (non-hydrogen) atoms. The second-order valence-electron chi connectivity index (χ2n) is 5.40. The smallest absolute Gasteiger partial charge is 0.316 e. The van der Waals surface area contributed by atoms with Crippen molar-refractivity contribution in [2.24, 2.45) is 5.73 Å². The topological polar surface area (TPSA) is 104 Å². The van der Waals surface area contributed by atoms with Crippen molar-refractivity contribution in [1.29, 1.82) is 0 Å². The first-order valence-electron chi connectivity index (χ1n) is 7.61. The Hall–Kier alpha value is -3.16. The number of hydrogen-bond acceptors (Lipinski definition) is 5. The van der Waals surface area contributed by atoms with E-state index in [2.05, 4.69) is 20.2 Å². The van der Waals surface area contributed by atoms with Gasteiger partial charge in [-0.25, -0.2) is 14.8 Å². The van der Waals surface area contributed by atoms with Gasteiger partial charge in [0, 0.05) is 49.8 Å². The third kappa shape index (κ3) is 3.60. The minimum absolute atomic E-state index is 0.0725. The first-order chi connectivity index (χ1) is 11.6. The molecule has 1 aromatic carbocycles. The first kappa shape index (κ1) is 15.7. The molecule has 8 nitrogen and oxygen atoms in total. The molecule has 0 radical (unpaired) electrons. The SMILES string of the molecule is NC(=O)Nc1cccc(C(=O)N2CCN(c3ncccn3)CC2)c1. The maximum Gasteiger partial charge on any atom is 0.316 e. The lowest BCUT2D eigenvalue weighted by Crippen LogP contribution is -2.49. The standard InChI is InChI=1S/C16H18N6O2/c17-15(24)20-13-4-1-3-12(11-13)14(23)21-7-9-22(10-8-21)16-18-5-2-6-19-16/h1-6,11H,7-10H2,(H3,17,20,24). The molecule has 1 saturated heterocycles. The molecule has 3 rings (SSSR count). The van der Waals surface area contributed by atoms with E-state index in [4.69, 9.17) is 5.73 Å². The Bertz CT molecular complexity index is 728. The second-order valence-corrected chi connectivity index (χ2v) is 5.40. The van der Waals surface area contributed by atoms with Gasteiger partial charge in [-0.1, -0.05) is 6.07 Å². The lowest BCUT2D eigenvalue weighted by Gasteiger charge is -2.34. The van der Waals surface area contributed by atoms with E-state index >= 15 is 0 Å². The fourth-order valence-corrected chi connectivity index (χ4v) is 2.62. The van der Waals surface area contributed by atoms with E-state index in [1.807, 2.05) is 0 Å². The largest absolute Gasteiger partial charge is 0.351 e. The number of carbonyl (C=O) groups is 2. The summed E-state index contributed by atoms with van der Waals surface area (Å²) in [5.41, 5.74) is 6.12. The summed E-state index contributed by atoms with van der Waals surface area (Å²) in [6, 6.07) is 7.87. The number of carbonyl (C=O) groups excluding carboxylic acids is 2. The number of rotatable bonds is 3. The predicted octanol–water partition coefficient (Wildman–Crippen LogP) is 0.930. The molecule has 1 fully saturated rings. The predicted molar refractivity (Wildman–Crippen MR) is 89.8 cm³/mol. The van der Waals surface area contributed by atoms with Gasteiger partial charge in [0.1, 0.15) is 0 Å². The number of urea groups is 1. The highest BCUT2D eigenvalue weighted by atomic mass is 16.2. The van der Waals surface area contributed by atoms with Crippen molar-refractivity contribution >= 4 is 23.6 Å². The number of nitrogens with zero attached hydrogens (tertiary/aromatic N) is 4. The van der Waals surface area contributed by atoms with Crippen LogP contribution in [-0.2, 0) is 0 Å². The molecule has 2 aromatic rings. The van der Waals surface area contributed by atoms with E-state index in [1.54, 1.807) is 47.6 Å². The molecular formula is C16H18N6O2. The molecule has 1 aliphatic heterocycles. The number of primary amides is 1. The highest BCUT2D eigenvalue weighted by molar-refractivity contribution is 5.96. The summed E-state index contributed by atoms with van der Waals surface area (Å²) in [7, 11) is 0.